The van der Waals surface area contributed by atoms with Crippen LogP contribution in [0.3, 0.4) is 0 Å². The summed E-state index contributed by atoms with van der Waals surface area (Å²) in [6.45, 7) is 1.53. The molecule has 0 unspecified atom stereocenters. The number of benzene rings is 1. The van der Waals surface area contributed by atoms with Gasteiger partial charge in [0.05, 0.1) is 19.8 Å². The van der Waals surface area contributed by atoms with Crippen molar-refractivity contribution in [3.8, 4) is 5.88 Å². The van der Waals surface area contributed by atoms with Crippen LogP contribution < -0.4 is 4.74 Å². The monoisotopic (exact) mass is 437 g/mol. The SMILES string of the molecule is COc1cccc(Cc2cc3c(cc2Cl)CO[C@]32O[C@H]([C@@H](C)O)[C@@H](O)[C@H](O)[C@H]2O)n1. The topological polar surface area (TPSA) is 122 Å². The van der Waals surface area contributed by atoms with Crippen molar-refractivity contribution in [3.05, 3.63) is 57.7 Å². The van der Waals surface area contributed by atoms with Crippen molar-refractivity contribution in [3.63, 3.8) is 0 Å². The van der Waals surface area contributed by atoms with E-state index in [0.29, 0.717) is 34.0 Å². The highest BCUT2D eigenvalue weighted by Crippen LogP contribution is 2.47. The van der Waals surface area contributed by atoms with Crippen LogP contribution in [0.2, 0.25) is 5.02 Å². The molecule has 6 atom stereocenters. The summed E-state index contributed by atoms with van der Waals surface area (Å²) in [5, 5.41) is 41.9. The van der Waals surface area contributed by atoms with Crippen LogP contribution in [-0.4, -0.2) is 63.0 Å². The number of fused-ring (bicyclic) bond motifs is 2. The Balaban J connectivity index is 1.74. The first kappa shape index (κ1) is 21.5. The summed E-state index contributed by atoms with van der Waals surface area (Å²) in [5.74, 6) is -1.25. The van der Waals surface area contributed by atoms with Crippen LogP contribution in [0.15, 0.2) is 30.3 Å². The number of nitrogens with zero attached hydrogens (tertiary/aromatic N) is 1. The van der Waals surface area contributed by atoms with Gasteiger partial charge in [-0.05, 0) is 36.2 Å². The highest BCUT2D eigenvalue weighted by atomic mass is 35.5. The fourth-order valence-corrected chi connectivity index (χ4v) is 4.29. The number of halogens is 1. The van der Waals surface area contributed by atoms with Crippen LogP contribution in [0.25, 0.3) is 0 Å². The highest BCUT2D eigenvalue weighted by Gasteiger charge is 2.59. The number of aliphatic hydroxyl groups excluding tert-OH is 4. The average molecular weight is 438 g/mol. The molecule has 1 spiro atoms. The van der Waals surface area contributed by atoms with E-state index in [1.807, 2.05) is 12.1 Å². The molecule has 9 heteroatoms. The van der Waals surface area contributed by atoms with E-state index in [1.54, 1.807) is 18.2 Å². The molecular weight excluding hydrogens is 414 g/mol. The Hall–Kier alpha value is -1.78. The van der Waals surface area contributed by atoms with Gasteiger partial charge < -0.3 is 34.6 Å². The average Bonchev–Trinajstić information content (AvgIpc) is 3.07. The smallest absolute Gasteiger partial charge is 0.225 e. The fourth-order valence-electron chi connectivity index (χ4n) is 4.04. The molecule has 2 aliphatic heterocycles. The van der Waals surface area contributed by atoms with Gasteiger partial charge in [0.2, 0.25) is 11.7 Å². The van der Waals surface area contributed by atoms with Gasteiger partial charge in [0.1, 0.15) is 24.4 Å². The van der Waals surface area contributed by atoms with Crippen LogP contribution in [0.1, 0.15) is 29.3 Å². The Morgan fingerprint density at radius 3 is 2.73 bits per heavy atom. The second-order valence-electron chi connectivity index (χ2n) is 7.65. The number of hydrogen-bond acceptors (Lipinski definition) is 8. The van der Waals surface area contributed by atoms with Crippen LogP contribution >= 0.6 is 11.6 Å². The zero-order valence-corrected chi connectivity index (χ0v) is 17.3. The lowest BCUT2D eigenvalue weighted by molar-refractivity contribution is -0.374. The Labute approximate surface area is 178 Å². The number of pyridine rings is 1. The van der Waals surface area contributed by atoms with E-state index in [9.17, 15) is 20.4 Å². The molecule has 0 aliphatic carbocycles. The van der Waals surface area contributed by atoms with E-state index in [-0.39, 0.29) is 6.61 Å². The summed E-state index contributed by atoms with van der Waals surface area (Å²) in [7, 11) is 1.54. The van der Waals surface area contributed by atoms with Crippen molar-refractivity contribution in [1.82, 2.24) is 4.98 Å². The summed E-state index contributed by atoms with van der Waals surface area (Å²) in [6, 6.07) is 8.89. The number of methoxy groups -OCH3 is 1. The van der Waals surface area contributed by atoms with Gasteiger partial charge in [-0.3, -0.25) is 0 Å². The van der Waals surface area contributed by atoms with E-state index in [0.717, 1.165) is 5.69 Å². The van der Waals surface area contributed by atoms with Crippen molar-refractivity contribution in [2.24, 2.45) is 0 Å². The van der Waals surface area contributed by atoms with Crippen molar-refractivity contribution >= 4 is 11.6 Å². The maximum atomic E-state index is 10.8. The van der Waals surface area contributed by atoms with Crippen LogP contribution in [0, 0.1) is 0 Å². The molecule has 3 heterocycles. The molecule has 0 amide bonds. The molecule has 0 radical (unpaired) electrons. The fraction of sp³-hybridized carbons (Fsp3) is 0.476. The van der Waals surface area contributed by atoms with Gasteiger partial charge in [0.15, 0.2) is 0 Å². The maximum Gasteiger partial charge on any atom is 0.225 e. The van der Waals surface area contributed by atoms with Crippen LogP contribution in [-0.2, 0) is 28.3 Å². The number of aliphatic hydroxyl groups is 4. The molecule has 162 valence electrons. The Bertz CT molecular complexity index is 940. The van der Waals surface area contributed by atoms with Crippen molar-refractivity contribution in [2.75, 3.05) is 7.11 Å². The molecule has 2 aliphatic rings. The molecule has 2 aromatic rings. The number of rotatable bonds is 4. The van der Waals surface area contributed by atoms with Gasteiger partial charge in [0, 0.05) is 28.8 Å². The van der Waals surface area contributed by atoms with Crippen LogP contribution in [0.5, 0.6) is 5.88 Å². The molecule has 4 rings (SSSR count). The van der Waals surface area contributed by atoms with Crippen LogP contribution in [0.4, 0.5) is 0 Å². The third-order valence-electron chi connectivity index (χ3n) is 5.64. The van der Waals surface area contributed by atoms with Gasteiger partial charge in [-0.2, -0.15) is 0 Å². The van der Waals surface area contributed by atoms with Crippen molar-refractivity contribution < 1.29 is 34.6 Å². The Morgan fingerprint density at radius 1 is 1.27 bits per heavy atom. The first-order valence-corrected chi connectivity index (χ1v) is 10.0. The summed E-state index contributed by atoms with van der Waals surface area (Å²) in [4.78, 5) is 4.40. The summed E-state index contributed by atoms with van der Waals surface area (Å²) in [6.07, 6.45) is -6.45. The Kier molecular flexibility index (Phi) is 5.75. The molecular formula is C21H24ClNO7. The van der Waals surface area contributed by atoms with Gasteiger partial charge in [-0.15, -0.1) is 0 Å². The lowest BCUT2D eigenvalue weighted by Crippen LogP contribution is -2.64. The minimum absolute atomic E-state index is 0.0964. The predicted molar refractivity (Wildman–Crippen MR) is 106 cm³/mol. The van der Waals surface area contributed by atoms with Crippen molar-refractivity contribution in [2.45, 2.75) is 56.3 Å². The highest BCUT2D eigenvalue weighted by molar-refractivity contribution is 6.31. The molecule has 1 saturated heterocycles. The minimum atomic E-state index is -1.73. The molecule has 30 heavy (non-hydrogen) atoms. The van der Waals surface area contributed by atoms with Crippen molar-refractivity contribution in [1.29, 1.82) is 0 Å². The van der Waals surface area contributed by atoms with E-state index in [1.165, 1.54) is 14.0 Å². The molecule has 1 aromatic heterocycles. The second-order valence-corrected chi connectivity index (χ2v) is 8.06. The first-order chi connectivity index (χ1) is 14.3. The zero-order valence-electron chi connectivity index (χ0n) is 16.5. The van der Waals surface area contributed by atoms with Gasteiger partial charge in [-0.25, -0.2) is 4.98 Å². The predicted octanol–water partition coefficient (Wildman–Crippen LogP) is 0.880. The van der Waals surface area contributed by atoms with Gasteiger partial charge >= 0.3 is 0 Å². The molecule has 1 fully saturated rings. The number of ether oxygens (including phenoxy) is 3. The standard InChI is InChI=1S/C21H24ClNO7/c1-10(24)19-17(25)18(26)20(27)21(30-19)14-7-11(15(22)8-12(14)9-29-21)6-13-4-3-5-16(23-13)28-2/h3-5,7-8,10,17-20,24-27H,6,9H2,1-2H3/t10-,17+,18+,19-,20-,21+/m1/s1. The van der Waals surface area contributed by atoms with E-state index in [4.69, 9.17) is 25.8 Å². The summed E-state index contributed by atoms with van der Waals surface area (Å²) in [5.41, 5.74) is 2.63. The Morgan fingerprint density at radius 2 is 2.03 bits per heavy atom. The zero-order chi connectivity index (χ0) is 21.6. The minimum Gasteiger partial charge on any atom is -0.481 e. The van der Waals surface area contributed by atoms with E-state index >= 15 is 0 Å². The second kappa shape index (κ2) is 8.05. The van der Waals surface area contributed by atoms with E-state index in [2.05, 4.69) is 4.98 Å². The third kappa shape index (κ3) is 3.48. The largest absolute Gasteiger partial charge is 0.481 e. The number of aromatic nitrogens is 1. The summed E-state index contributed by atoms with van der Waals surface area (Å²) < 4.78 is 16.9. The number of hydrogen-bond donors (Lipinski definition) is 4. The normalized spacial score (nSPS) is 31.6. The molecule has 0 saturated carbocycles. The molecule has 1 aromatic carbocycles. The maximum absolute atomic E-state index is 10.8. The molecule has 8 nitrogen and oxygen atoms in total. The third-order valence-corrected chi connectivity index (χ3v) is 5.99. The lowest BCUT2D eigenvalue weighted by Gasteiger charge is -2.47. The quantitative estimate of drug-likeness (QED) is 0.556. The van der Waals surface area contributed by atoms with Gasteiger partial charge in [0.25, 0.3) is 0 Å². The van der Waals surface area contributed by atoms with Gasteiger partial charge in [-0.1, -0.05) is 17.7 Å². The molecule has 4 N–H and O–H groups in total. The summed E-state index contributed by atoms with van der Waals surface area (Å²) >= 11 is 6.48. The van der Waals surface area contributed by atoms with E-state index < -0.39 is 36.3 Å². The lowest BCUT2D eigenvalue weighted by atomic mass is 9.85. The molecule has 0 bridgehead atoms. The first-order valence-electron chi connectivity index (χ1n) is 9.62.